The fourth-order valence-electron chi connectivity index (χ4n) is 3.73. The fourth-order valence-corrected chi connectivity index (χ4v) is 4.83. The Balaban J connectivity index is 2.10. The molecule has 3 heterocycles. The summed E-state index contributed by atoms with van der Waals surface area (Å²) >= 11 is 14.4. The van der Waals surface area contributed by atoms with Gasteiger partial charge in [-0.1, -0.05) is 11.6 Å². The molecule has 1 N–H and O–H groups in total. The van der Waals surface area contributed by atoms with Crippen LogP contribution in [0.2, 0.25) is 10.4 Å². The van der Waals surface area contributed by atoms with E-state index in [1.807, 2.05) is 0 Å². The molecule has 2 amide bonds. The summed E-state index contributed by atoms with van der Waals surface area (Å²) in [5, 5.41) is 9.22. The van der Waals surface area contributed by atoms with Crippen molar-refractivity contribution in [1.29, 1.82) is 0 Å². The average Bonchev–Trinajstić information content (AvgIpc) is 3.36. The number of alkyl halides is 1. The van der Waals surface area contributed by atoms with Crippen molar-refractivity contribution in [3.8, 4) is 0 Å². The van der Waals surface area contributed by atoms with E-state index in [0.29, 0.717) is 21.7 Å². The quantitative estimate of drug-likeness (QED) is 0.327. The minimum atomic E-state index is -1.44. The second-order valence-electron chi connectivity index (χ2n) is 11.0. The van der Waals surface area contributed by atoms with E-state index in [9.17, 15) is 14.0 Å². The van der Waals surface area contributed by atoms with Gasteiger partial charge in [0, 0.05) is 11.6 Å². The Kier molecular flexibility index (Phi) is 9.34. The third-order valence-corrected chi connectivity index (χ3v) is 6.69. The number of aryl methyl sites for hydroxylation is 1. The number of fused-ring (bicyclic) bond motifs is 1. The van der Waals surface area contributed by atoms with Crippen molar-refractivity contribution in [1.82, 2.24) is 24.9 Å². The number of hydrogen-bond acceptors (Lipinski definition) is 8. The molecule has 0 aliphatic rings. The molecule has 3 aromatic heterocycles. The van der Waals surface area contributed by atoms with Crippen molar-refractivity contribution < 1.29 is 23.5 Å². The van der Waals surface area contributed by atoms with Gasteiger partial charge in [0.15, 0.2) is 5.82 Å². The number of halogens is 3. The van der Waals surface area contributed by atoms with Crippen molar-refractivity contribution >= 4 is 58.1 Å². The molecule has 10 nitrogen and oxygen atoms in total. The van der Waals surface area contributed by atoms with Crippen molar-refractivity contribution in [2.75, 3.05) is 4.90 Å². The second kappa shape index (κ2) is 11.8. The average molecular weight is 604 g/mol. The van der Waals surface area contributed by atoms with Gasteiger partial charge in [0.05, 0.1) is 12.6 Å². The van der Waals surface area contributed by atoms with Gasteiger partial charge in [0.25, 0.3) is 0 Å². The molecule has 0 radical (unpaired) electrons. The van der Waals surface area contributed by atoms with Gasteiger partial charge in [-0.15, -0.1) is 16.4 Å². The molecule has 3 rings (SSSR count). The number of alkyl carbamates (subject to hydrolysis) is 1. The molecule has 3 aromatic rings. The predicted molar refractivity (Wildman–Crippen MR) is 150 cm³/mol. The van der Waals surface area contributed by atoms with Crippen molar-refractivity contribution in [2.45, 2.75) is 91.8 Å². The maximum Gasteiger partial charge on any atom is 0.416 e. The van der Waals surface area contributed by atoms with E-state index in [-0.39, 0.29) is 29.2 Å². The molecule has 14 heteroatoms. The molecule has 0 aliphatic carbocycles. The molecule has 2 atom stereocenters. The van der Waals surface area contributed by atoms with Crippen LogP contribution in [0.3, 0.4) is 0 Å². The van der Waals surface area contributed by atoms with Crippen LogP contribution in [0.5, 0.6) is 0 Å². The van der Waals surface area contributed by atoms with Gasteiger partial charge < -0.3 is 14.8 Å². The zero-order valence-corrected chi connectivity index (χ0v) is 25.5. The van der Waals surface area contributed by atoms with Gasteiger partial charge in [0.1, 0.15) is 33.1 Å². The summed E-state index contributed by atoms with van der Waals surface area (Å²) in [5.41, 5.74) is -0.0851. The van der Waals surface area contributed by atoms with E-state index in [0.717, 1.165) is 0 Å². The van der Waals surface area contributed by atoms with Gasteiger partial charge in [-0.25, -0.2) is 23.5 Å². The first-order chi connectivity index (χ1) is 18.0. The number of anilines is 1. The van der Waals surface area contributed by atoms with Gasteiger partial charge in [0.2, 0.25) is 5.28 Å². The van der Waals surface area contributed by atoms with E-state index in [1.54, 1.807) is 60.0 Å². The Morgan fingerprint density at radius 3 is 2.36 bits per heavy atom. The Labute approximate surface area is 240 Å². The largest absolute Gasteiger partial charge is 0.444 e. The Hall–Kier alpha value is -2.70. The highest BCUT2D eigenvalue weighted by Gasteiger charge is 2.32. The minimum Gasteiger partial charge on any atom is -0.444 e. The summed E-state index contributed by atoms with van der Waals surface area (Å²) in [7, 11) is 0. The van der Waals surface area contributed by atoms with E-state index in [4.69, 9.17) is 32.7 Å². The van der Waals surface area contributed by atoms with Gasteiger partial charge in [-0.05, 0) is 84.5 Å². The lowest BCUT2D eigenvalue weighted by molar-refractivity contribution is 0.0476. The molecular formula is C25H33Cl2FN6O4S. The molecule has 0 saturated heterocycles. The van der Waals surface area contributed by atoms with E-state index >= 15 is 0 Å². The molecule has 0 aromatic carbocycles. The summed E-state index contributed by atoms with van der Waals surface area (Å²) in [4.78, 5) is 35.7. The third-order valence-electron chi connectivity index (χ3n) is 5.37. The van der Waals surface area contributed by atoms with E-state index in [2.05, 4.69) is 20.4 Å². The van der Waals surface area contributed by atoms with Gasteiger partial charge >= 0.3 is 12.2 Å². The molecule has 0 fully saturated rings. The predicted octanol–water partition coefficient (Wildman–Crippen LogP) is 6.54. The molecule has 0 bridgehead atoms. The van der Waals surface area contributed by atoms with Crippen LogP contribution in [-0.4, -0.2) is 55.2 Å². The Bertz CT molecular complexity index is 1340. The summed E-state index contributed by atoms with van der Waals surface area (Å²) in [6.45, 7) is 13.5. The van der Waals surface area contributed by atoms with Crippen molar-refractivity contribution in [3.63, 3.8) is 0 Å². The summed E-state index contributed by atoms with van der Waals surface area (Å²) in [6.07, 6.45) is -1.22. The summed E-state index contributed by atoms with van der Waals surface area (Å²) in [6, 6.07) is -0.961. The van der Waals surface area contributed by atoms with Crippen LogP contribution in [0.25, 0.3) is 5.52 Å². The number of nitrogens with zero attached hydrogens (tertiary/aromatic N) is 5. The van der Waals surface area contributed by atoms with Crippen LogP contribution in [0.15, 0.2) is 11.6 Å². The first-order valence-electron chi connectivity index (χ1n) is 12.2. The molecule has 0 spiro atoms. The summed E-state index contributed by atoms with van der Waals surface area (Å²) < 4.78 is 27.0. The minimum absolute atomic E-state index is 0.0148. The third kappa shape index (κ3) is 7.92. The number of rotatable bonds is 7. The van der Waals surface area contributed by atoms with Crippen LogP contribution in [0, 0.1) is 6.92 Å². The lowest BCUT2D eigenvalue weighted by atomic mass is 10.0. The number of aromatic nitrogens is 4. The zero-order chi connectivity index (χ0) is 29.3. The highest BCUT2D eigenvalue weighted by molar-refractivity contribution is 7.09. The van der Waals surface area contributed by atoms with Gasteiger partial charge in [-0.3, -0.25) is 4.90 Å². The SMILES string of the molecule is Cc1c(C[C@@H](NC(=O)OC(C)(C)C)[C@H](C)F)c(Cl)n2nc(Cl)nc(N(Cc3nccs3)C(=O)OC(C)(C)C)c12. The van der Waals surface area contributed by atoms with Crippen LogP contribution >= 0.6 is 34.5 Å². The van der Waals surface area contributed by atoms with Crippen LogP contribution in [0.4, 0.5) is 19.8 Å². The smallest absolute Gasteiger partial charge is 0.416 e. The number of thiazole rings is 1. The van der Waals surface area contributed by atoms with E-state index in [1.165, 1.54) is 27.7 Å². The maximum absolute atomic E-state index is 14.7. The molecule has 214 valence electrons. The number of carbonyl (C=O) groups excluding carboxylic acids is 2. The molecule has 0 aliphatic heterocycles. The Morgan fingerprint density at radius 2 is 1.82 bits per heavy atom. The number of ether oxygens (including phenoxy) is 2. The topological polar surface area (TPSA) is 111 Å². The summed E-state index contributed by atoms with van der Waals surface area (Å²) in [5.74, 6) is 0.148. The maximum atomic E-state index is 14.7. The van der Waals surface area contributed by atoms with Crippen molar-refractivity contribution in [3.05, 3.63) is 38.1 Å². The lowest BCUT2D eigenvalue weighted by Gasteiger charge is -2.26. The molecular weight excluding hydrogens is 570 g/mol. The Morgan fingerprint density at radius 1 is 1.18 bits per heavy atom. The number of amides is 2. The van der Waals surface area contributed by atoms with Crippen molar-refractivity contribution in [2.24, 2.45) is 0 Å². The van der Waals surface area contributed by atoms with E-state index < -0.39 is 35.6 Å². The number of carbonyl (C=O) groups is 2. The van der Waals surface area contributed by atoms with Crippen LogP contribution in [0.1, 0.15) is 64.6 Å². The zero-order valence-electron chi connectivity index (χ0n) is 23.1. The van der Waals surface area contributed by atoms with Gasteiger partial charge in [-0.2, -0.15) is 4.98 Å². The highest BCUT2D eigenvalue weighted by Crippen LogP contribution is 2.35. The van der Waals surface area contributed by atoms with Crippen LogP contribution < -0.4 is 10.2 Å². The number of hydrogen-bond donors (Lipinski definition) is 1. The second-order valence-corrected chi connectivity index (χ2v) is 12.7. The normalized spacial score (nSPS) is 13.7. The first kappa shape index (κ1) is 30.8. The monoisotopic (exact) mass is 602 g/mol. The lowest BCUT2D eigenvalue weighted by Crippen LogP contribution is -2.44. The number of nitrogens with one attached hydrogen (secondary N) is 1. The molecule has 0 unspecified atom stereocenters. The van der Waals surface area contributed by atoms with Crippen LogP contribution in [-0.2, 0) is 22.4 Å². The molecule has 0 saturated carbocycles. The molecule has 39 heavy (non-hydrogen) atoms. The fraction of sp³-hybridized carbons (Fsp3) is 0.560. The highest BCUT2D eigenvalue weighted by atomic mass is 35.5. The first-order valence-corrected chi connectivity index (χ1v) is 13.9. The standard InChI is InChI=1S/C25H33Cl2FN6O4S/c1-13-15(11-16(14(2)28)30-22(35)37-24(3,4)5)19(26)34-18(13)20(31-21(27)32-34)33(12-17-29-9-10-39-17)23(36)38-25(6,7)8/h9-10,14,16H,11-12H2,1-8H3,(H,30,35)/t14-,16+/m0/s1.